The zero-order valence-electron chi connectivity index (χ0n) is 6.05. The van der Waals surface area contributed by atoms with Crippen molar-refractivity contribution < 1.29 is 19.1 Å². The van der Waals surface area contributed by atoms with E-state index in [9.17, 15) is 9.59 Å². The summed E-state index contributed by atoms with van der Waals surface area (Å²) < 4.78 is 8.33. The minimum absolute atomic E-state index is 0.263. The van der Waals surface area contributed by atoms with E-state index < -0.39 is 11.9 Å². The molecule has 58 valence electrons. The second-order valence-electron chi connectivity index (χ2n) is 1.75. The van der Waals surface area contributed by atoms with Crippen LogP contribution < -0.4 is 0 Å². The fourth-order valence-corrected chi connectivity index (χ4v) is 0.433. The Morgan fingerprint density at radius 2 is 1.50 bits per heavy atom. The molecular formula is C6H10O4. The van der Waals surface area contributed by atoms with E-state index in [4.69, 9.17) is 0 Å². The lowest BCUT2D eigenvalue weighted by molar-refractivity contribution is -0.151. The van der Waals surface area contributed by atoms with Gasteiger partial charge in [-0.3, -0.25) is 9.59 Å². The molecule has 1 rings (SSSR count). The highest BCUT2D eigenvalue weighted by molar-refractivity contribution is 5.92. The monoisotopic (exact) mass is 146 g/mol. The smallest absolute Gasteiger partial charge is 0.314 e. The predicted octanol–water partition coefficient (Wildman–Crippen LogP) is 0.113. The van der Waals surface area contributed by atoms with Gasteiger partial charge in [0.2, 0.25) is 0 Å². The fourth-order valence-electron chi connectivity index (χ4n) is 0.433. The predicted molar refractivity (Wildman–Crippen MR) is 33.3 cm³/mol. The average molecular weight is 146 g/mol. The van der Waals surface area contributed by atoms with E-state index in [1.165, 1.54) is 0 Å². The first kappa shape index (κ1) is 9.10. The SMILES string of the molecule is COC.O=C1CCC(=O)O1. The Bertz CT molecular complexity index is 116. The molecule has 4 nitrogen and oxygen atoms in total. The van der Waals surface area contributed by atoms with E-state index in [0.717, 1.165) is 0 Å². The Morgan fingerprint density at radius 3 is 1.60 bits per heavy atom. The zero-order valence-corrected chi connectivity index (χ0v) is 6.05. The van der Waals surface area contributed by atoms with Gasteiger partial charge in [0.25, 0.3) is 0 Å². The van der Waals surface area contributed by atoms with Crippen molar-refractivity contribution in [1.29, 1.82) is 0 Å². The van der Waals surface area contributed by atoms with Gasteiger partial charge in [0, 0.05) is 14.2 Å². The minimum atomic E-state index is -0.398. The average Bonchev–Trinajstić information content (AvgIpc) is 2.17. The van der Waals surface area contributed by atoms with Gasteiger partial charge in [-0.1, -0.05) is 0 Å². The molecule has 10 heavy (non-hydrogen) atoms. The number of ether oxygens (including phenoxy) is 2. The van der Waals surface area contributed by atoms with Gasteiger partial charge >= 0.3 is 11.9 Å². The van der Waals surface area contributed by atoms with Crippen LogP contribution in [0.2, 0.25) is 0 Å². The minimum Gasteiger partial charge on any atom is -0.393 e. The summed E-state index contributed by atoms with van der Waals surface area (Å²) in [5.41, 5.74) is 0. The summed E-state index contributed by atoms with van der Waals surface area (Å²) in [6.45, 7) is 0. The molecule has 4 heteroatoms. The molecule has 1 heterocycles. The number of hydrogen-bond donors (Lipinski definition) is 0. The van der Waals surface area contributed by atoms with Crippen LogP contribution in [0.1, 0.15) is 12.8 Å². The molecule has 0 atom stereocenters. The molecule has 1 aliphatic heterocycles. The van der Waals surface area contributed by atoms with Crippen molar-refractivity contribution in [2.24, 2.45) is 0 Å². The molecule has 0 amide bonds. The van der Waals surface area contributed by atoms with Gasteiger partial charge in [-0.2, -0.15) is 0 Å². The number of esters is 2. The van der Waals surface area contributed by atoms with Crippen molar-refractivity contribution in [3.05, 3.63) is 0 Å². The molecular weight excluding hydrogens is 136 g/mol. The highest BCUT2D eigenvalue weighted by atomic mass is 16.6. The summed E-state index contributed by atoms with van der Waals surface area (Å²) in [5.74, 6) is -0.796. The summed E-state index contributed by atoms with van der Waals surface area (Å²) in [7, 11) is 3.25. The highest BCUT2D eigenvalue weighted by Crippen LogP contribution is 2.03. The normalized spacial score (nSPS) is 15.8. The maximum atomic E-state index is 10.0. The van der Waals surface area contributed by atoms with Crippen molar-refractivity contribution in [2.75, 3.05) is 14.2 Å². The number of methoxy groups -OCH3 is 1. The number of carbonyl (C=O) groups is 2. The summed E-state index contributed by atoms with van der Waals surface area (Å²) in [6, 6.07) is 0. The van der Waals surface area contributed by atoms with Crippen molar-refractivity contribution in [2.45, 2.75) is 12.8 Å². The van der Waals surface area contributed by atoms with Crippen molar-refractivity contribution in [3.63, 3.8) is 0 Å². The first-order chi connectivity index (χ1) is 4.70. The van der Waals surface area contributed by atoms with Crippen LogP contribution in [0.5, 0.6) is 0 Å². The van der Waals surface area contributed by atoms with Crippen LogP contribution in [-0.4, -0.2) is 26.2 Å². The summed E-state index contributed by atoms with van der Waals surface area (Å²) in [4.78, 5) is 20.0. The maximum absolute atomic E-state index is 10.0. The molecule has 1 fully saturated rings. The molecule has 1 aliphatic rings. The maximum Gasteiger partial charge on any atom is 0.314 e. The van der Waals surface area contributed by atoms with Crippen LogP contribution in [0.4, 0.5) is 0 Å². The summed E-state index contributed by atoms with van der Waals surface area (Å²) in [6.07, 6.45) is 0.525. The van der Waals surface area contributed by atoms with E-state index in [1.54, 1.807) is 14.2 Å². The lowest BCUT2D eigenvalue weighted by atomic mass is 10.4. The van der Waals surface area contributed by atoms with E-state index in [0.29, 0.717) is 0 Å². The van der Waals surface area contributed by atoms with E-state index in [2.05, 4.69) is 9.47 Å². The Morgan fingerprint density at radius 1 is 1.20 bits per heavy atom. The molecule has 0 bridgehead atoms. The third-order valence-electron chi connectivity index (χ3n) is 0.761. The second-order valence-corrected chi connectivity index (χ2v) is 1.75. The Labute approximate surface area is 59.1 Å². The lowest BCUT2D eigenvalue weighted by Crippen LogP contribution is -1.94. The molecule has 0 aliphatic carbocycles. The van der Waals surface area contributed by atoms with Gasteiger partial charge in [0.15, 0.2) is 0 Å². The molecule has 0 aromatic heterocycles. The van der Waals surface area contributed by atoms with E-state index >= 15 is 0 Å². The molecule has 0 spiro atoms. The molecule has 0 saturated carbocycles. The molecule has 0 N–H and O–H groups in total. The van der Waals surface area contributed by atoms with Crippen LogP contribution in [0.25, 0.3) is 0 Å². The summed E-state index contributed by atoms with van der Waals surface area (Å²) >= 11 is 0. The molecule has 0 aromatic carbocycles. The molecule has 1 saturated heterocycles. The van der Waals surface area contributed by atoms with Gasteiger partial charge in [-0.25, -0.2) is 0 Å². The summed E-state index contributed by atoms with van der Waals surface area (Å²) in [5, 5.41) is 0. The molecule has 0 radical (unpaired) electrons. The van der Waals surface area contributed by atoms with Crippen molar-refractivity contribution >= 4 is 11.9 Å². The first-order valence-corrected chi connectivity index (χ1v) is 2.84. The number of carbonyl (C=O) groups excluding carboxylic acids is 2. The largest absolute Gasteiger partial charge is 0.393 e. The van der Waals surface area contributed by atoms with Crippen LogP contribution in [0.3, 0.4) is 0 Å². The Kier molecular flexibility index (Phi) is 4.49. The van der Waals surface area contributed by atoms with Crippen molar-refractivity contribution in [1.82, 2.24) is 0 Å². The van der Waals surface area contributed by atoms with Gasteiger partial charge < -0.3 is 9.47 Å². The Hall–Kier alpha value is -0.900. The highest BCUT2D eigenvalue weighted by Gasteiger charge is 2.19. The quantitative estimate of drug-likeness (QED) is 0.359. The second kappa shape index (κ2) is 4.93. The van der Waals surface area contributed by atoms with Crippen LogP contribution in [0.15, 0.2) is 0 Å². The molecule has 0 unspecified atom stereocenters. The van der Waals surface area contributed by atoms with Gasteiger partial charge in [-0.05, 0) is 0 Å². The number of hydrogen-bond acceptors (Lipinski definition) is 4. The fraction of sp³-hybridized carbons (Fsp3) is 0.667. The lowest BCUT2D eigenvalue weighted by Gasteiger charge is -1.79. The zero-order chi connectivity index (χ0) is 7.98. The number of rotatable bonds is 0. The third-order valence-corrected chi connectivity index (χ3v) is 0.761. The molecule has 0 aromatic rings. The first-order valence-electron chi connectivity index (χ1n) is 2.84. The van der Waals surface area contributed by atoms with E-state index in [-0.39, 0.29) is 12.8 Å². The van der Waals surface area contributed by atoms with Crippen LogP contribution in [-0.2, 0) is 19.1 Å². The van der Waals surface area contributed by atoms with Gasteiger partial charge in [0.05, 0.1) is 12.8 Å². The van der Waals surface area contributed by atoms with Crippen LogP contribution >= 0.6 is 0 Å². The van der Waals surface area contributed by atoms with Crippen molar-refractivity contribution in [3.8, 4) is 0 Å². The van der Waals surface area contributed by atoms with Gasteiger partial charge in [0.1, 0.15) is 0 Å². The number of cyclic esters (lactones) is 2. The van der Waals surface area contributed by atoms with E-state index in [1.807, 2.05) is 0 Å². The standard InChI is InChI=1S/C4H4O3.C2H6O/c5-3-1-2-4(6)7-3;1-3-2/h1-2H2;1-2H3. The topological polar surface area (TPSA) is 52.6 Å². The van der Waals surface area contributed by atoms with Gasteiger partial charge in [-0.15, -0.1) is 0 Å². The third kappa shape index (κ3) is 4.03. The Balaban J connectivity index is 0.000000236. The van der Waals surface area contributed by atoms with Crippen LogP contribution in [0, 0.1) is 0 Å².